The second-order valence-electron chi connectivity index (χ2n) is 2.83. The van der Waals surface area contributed by atoms with E-state index < -0.39 is 7.65 Å². The van der Waals surface area contributed by atoms with Gasteiger partial charge in [0.05, 0.1) is 6.10 Å². The van der Waals surface area contributed by atoms with Gasteiger partial charge in [0.15, 0.2) is 0 Å². The van der Waals surface area contributed by atoms with Crippen LogP contribution in [0.15, 0.2) is 0 Å². The summed E-state index contributed by atoms with van der Waals surface area (Å²) in [6.07, 6.45) is 6.75. The van der Waals surface area contributed by atoms with Crippen LogP contribution in [0.5, 0.6) is 0 Å². The van der Waals surface area contributed by atoms with Crippen molar-refractivity contribution in [1.82, 2.24) is 5.09 Å². The van der Waals surface area contributed by atoms with Gasteiger partial charge in [-0.15, -0.1) is 0 Å². The molecular weight excluding hydrogens is 181 g/mol. The first-order valence-corrected chi connectivity index (χ1v) is 6.29. The lowest BCUT2D eigenvalue weighted by Gasteiger charge is -2.23. The minimum absolute atomic E-state index is 0.416. The molecule has 0 spiro atoms. The molecule has 0 heterocycles. The van der Waals surface area contributed by atoms with Crippen LogP contribution in [-0.2, 0) is 4.52 Å². The van der Waals surface area contributed by atoms with Crippen molar-refractivity contribution < 1.29 is 4.52 Å². The Kier molecular flexibility index (Phi) is 4.70. The second-order valence-corrected chi connectivity index (χ2v) is 4.90. The number of hydrogen-bond donors (Lipinski definition) is 1. The van der Waals surface area contributed by atoms with E-state index in [-0.39, 0.29) is 0 Å². The molecule has 0 aromatic rings. The highest BCUT2D eigenvalue weighted by atomic mass is 35.7. The van der Waals surface area contributed by atoms with Crippen LogP contribution in [-0.4, -0.2) is 13.2 Å². The highest BCUT2D eigenvalue weighted by Gasteiger charge is 2.16. The van der Waals surface area contributed by atoms with Crippen molar-refractivity contribution in [2.45, 2.75) is 38.2 Å². The lowest BCUT2D eigenvalue weighted by molar-refractivity contribution is 0.175. The predicted octanol–water partition coefficient (Wildman–Crippen LogP) is 3.02. The maximum absolute atomic E-state index is 5.83. The summed E-state index contributed by atoms with van der Waals surface area (Å²) < 4.78 is 5.56. The van der Waals surface area contributed by atoms with E-state index in [0.717, 1.165) is 0 Å². The van der Waals surface area contributed by atoms with Gasteiger partial charge < -0.3 is 4.52 Å². The summed E-state index contributed by atoms with van der Waals surface area (Å²) in [5.74, 6) is 0. The third kappa shape index (κ3) is 3.71. The maximum atomic E-state index is 5.83. The number of nitrogens with one attached hydrogen (secondary N) is 1. The van der Waals surface area contributed by atoms with Gasteiger partial charge in [0.1, 0.15) is 0 Å². The Balaban J connectivity index is 2.13. The smallest absolute Gasteiger partial charge is 0.203 e. The summed E-state index contributed by atoms with van der Waals surface area (Å²) in [6.45, 7) is 0. The molecule has 0 aromatic heterocycles. The first kappa shape index (κ1) is 9.73. The van der Waals surface area contributed by atoms with E-state index in [1.165, 1.54) is 32.1 Å². The van der Waals surface area contributed by atoms with Crippen LogP contribution < -0.4 is 5.09 Å². The monoisotopic (exact) mass is 195 g/mol. The van der Waals surface area contributed by atoms with Crippen LogP contribution in [0.1, 0.15) is 32.1 Å². The van der Waals surface area contributed by atoms with Gasteiger partial charge in [-0.3, -0.25) is 5.09 Å². The molecule has 0 radical (unpaired) electrons. The Morgan fingerprint density at radius 2 is 2.00 bits per heavy atom. The van der Waals surface area contributed by atoms with Crippen molar-refractivity contribution >= 4 is 18.9 Å². The van der Waals surface area contributed by atoms with Gasteiger partial charge in [0.2, 0.25) is 7.65 Å². The molecule has 0 amide bonds. The first-order chi connectivity index (χ1) is 5.33. The largest absolute Gasteiger partial charge is 0.328 e. The molecule has 0 saturated heterocycles. The fraction of sp³-hybridized carbons (Fsp3) is 1.00. The Bertz CT molecular complexity index is 109. The minimum atomic E-state index is -0.879. The van der Waals surface area contributed by atoms with Crippen LogP contribution in [0.3, 0.4) is 0 Å². The van der Waals surface area contributed by atoms with Crippen LogP contribution in [0.2, 0.25) is 0 Å². The van der Waals surface area contributed by atoms with Gasteiger partial charge in [0, 0.05) is 0 Å². The zero-order chi connectivity index (χ0) is 8.10. The molecule has 1 aliphatic carbocycles. The lowest BCUT2D eigenvalue weighted by atomic mass is 9.98. The van der Waals surface area contributed by atoms with Crippen molar-refractivity contribution in [3.05, 3.63) is 0 Å². The summed E-state index contributed by atoms with van der Waals surface area (Å²) in [5, 5.41) is 2.92. The quantitative estimate of drug-likeness (QED) is 0.699. The molecule has 66 valence electrons. The number of hydrogen-bond acceptors (Lipinski definition) is 2. The highest BCUT2D eigenvalue weighted by molar-refractivity contribution is 7.78. The molecule has 1 fully saturated rings. The van der Waals surface area contributed by atoms with Gasteiger partial charge >= 0.3 is 0 Å². The van der Waals surface area contributed by atoms with Crippen molar-refractivity contribution in [3.8, 4) is 0 Å². The normalized spacial score (nSPS) is 23.5. The van der Waals surface area contributed by atoms with E-state index in [0.29, 0.717) is 6.10 Å². The molecule has 4 heteroatoms. The van der Waals surface area contributed by atoms with Crippen molar-refractivity contribution in [1.29, 1.82) is 0 Å². The Morgan fingerprint density at radius 3 is 2.55 bits per heavy atom. The molecule has 1 rings (SSSR count). The summed E-state index contributed by atoms with van der Waals surface area (Å²) in [6, 6.07) is 0. The van der Waals surface area contributed by atoms with Crippen LogP contribution in [0.4, 0.5) is 0 Å². The summed E-state index contributed by atoms with van der Waals surface area (Å²) >= 11 is 5.83. The number of rotatable bonds is 3. The van der Waals surface area contributed by atoms with Gasteiger partial charge in [-0.2, -0.15) is 0 Å². The molecule has 11 heavy (non-hydrogen) atoms. The van der Waals surface area contributed by atoms with E-state index in [1.807, 2.05) is 7.05 Å². The van der Waals surface area contributed by atoms with Gasteiger partial charge in [-0.05, 0) is 31.1 Å². The molecule has 1 aliphatic rings. The van der Waals surface area contributed by atoms with E-state index in [4.69, 9.17) is 15.8 Å². The molecule has 1 saturated carbocycles. The lowest BCUT2D eigenvalue weighted by Crippen LogP contribution is -2.15. The minimum Gasteiger partial charge on any atom is -0.328 e. The van der Waals surface area contributed by atoms with E-state index in [2.05, 4.69) is 5.09 Å². The molecule has 1 N–H and O–H groups in total. The molecule has 1 atom stereocenters. The zero-order valence-electron chi connectivity index (χ0n) is 6.85. The van der Waals surface area contributed by atoms with Crippen molar-refractivity contribution in [3.63, 3.8) is 0 Å². The standard InChI is InChI=1S/C7H15ClNOP/c1-9-11(8)10-7-5-3-2-4-6-7/h7,9H,2-6H2,1H3. The fourth-order valence-corrected chi connectivity index (χ4v) is 2.27. The average molecular weight is 196 g/mol. The van der Waals surface area contributed by atoms with E-state index in [9.17, 15) is 0 Å². The molecule has 1 unspecified atom stereocenters. The first-order valence-electron chi connectivity index (χ1n) is 4.13. The Labute approximate surface area is 74.3 Å². The molecule has 0 aliphatic heterocycles. The highest BCUT2D eigenvalue weighted by Crippen LogP contribution is 2.41. The summed E-state index contributed by atoms with van der Waals surface area (Å²) in [4.78, 5) is 0. The van der Waals surface area contributed by atoms with Gasteiger partial charge in [-0.25, -0.2) is 0 Å². The average Bonchev–Trinajstić information content (AvgIpc) is 2.06. The number of halogens is 1. The molecule has 0 bridgehead atoms. The summed E-state index contributed by atoms with van der Waals surface area (Å²) in [5.41, 5.74) is 0. The van der Waals surface area contributed by atoms with Crippen LogP contribution >= 0.6 is 18.9 Å². The van der Waals surface area contributed by atoms with Gasteiger partial charge in [-0.1, -0.05) is 19.3 Å². The topological polar surface area (TPSA) is 21.3 Å². The van der Waals surface area contributed by atoms with E-state index in [1.54, 1.807) is 0 Å². The maximum Gasteiger partial charge on any atom is 0.203 e. The third-order valence-electron chi connectivity index (χ3n) is 1.97. The van der Waals surface area contributed by atoms with Crippen LogP contribution in [0, 0.1) is 0 Å². The second kappa shape index (κ2) is 5.31. The molecule has 2 nitrogen and oxygen atoms in total. The van der Waals surface area contributed by atoms with Gasteiger partial charge in [0.25, 0.3) is 0 Å². The predicted molar refractivity (Wildman–Crippen MR) is 49.8 cm³/mol. The van der Waals surface area contributed by atoms with Crippen LogP contribution in [0.25, 0.3) is 0 Å². The fourth-order valence-electron chi connectivity index (χ4n) is 1.35. The molecule has 0 aromatic carbocycles. The molecular formula is C7H15ClNOP. The Hall–Kier alpha value is 0.640. The van der Waals surface area contributed by atoms with Crippen molar-refractivity contribution in [2.75, 3.05) is 7.05 Å². The Morgan fingerprint density at radius 1 is 1.36 bits per heavy atom. The zero-order valence-corrected chi connectivity index (χ0v) is 8.50. The SMILES string of the molecule is CNP(Cl)OC1CCCCC1. The summed E-state index contributed by atoms with van der Waals surface area (Å²) in [7, 11) is 0.956. The third-order valence-corrected chi connectivity index (χ3v) is 3.55. The van der Waals surface area contributed by atoms with E-state index >= 15 is 0 Å². The van der Waals surface area contributed by atoms with Crippen molar-refractivity contribution in [2.24, 2.45) is 0 Å².